The molecule has 0 saturated carbocycles. The van der Waals surface area contributed by atoms with Crippen LogP contribution in [0.3, 0.4) is 0 Å². The van der Waals surface area contributed by atoms with E-state index in [0.29, 0.717) is 5.92 Å². The third kappa shape index (κ3) is 6.17. The lowest BCUT2D eigenvalue weighted by Crippen LogP contribution is -2.41. The summed E-state index contributed by atoms with van der Waals surface area (Å²) in [5, 5.41) is 5.94. The molecule has 21 heavy (non-hydrogen) atoms. The number of benzene rings is 1. The van der Waals surface area contributed by atoms with Crippen LogP contribution in [0.1, 0.15) is 24.8 Å². The number of carbonyl (C=O) groups excluding carboxylic acids is 1. The molecule has 2 amide bonds. The molecular formula is C17H27N3O. The number of nitrogens with one attached hydrogen (secondary N) is 2. The molecule has 0 aromatic heterocycles. The highest BCUT2D eigenvalue weighted by atomic mass is 16.2. The number of rotatable bonds is 6. The summed E-state index contributed by atoms with van der Waals surface area (Å²) in [4.78, 5) is 14.1. The smallest absolute Gasteiger partial charge is 0.314 e. The van der Waals surface area contributed by atoms with Crippen molar-refractivity contribution in [2.24, 2.45) is 5.92 Å². The molecule has 1 aliphatic rings. The Kier molecular flexibility index (Phi) is 6.54. The summed E-state index contributed by atoms with van der Waals surface area (Å²) in [6.45, 7) is 3.82. The van der Waals surface area contributed by atoms with Crippen molar-refractivity contribution in [1.82, 2.24) is 15.5 Å². The van der Waals surface area contributed by atoms with E-state index >= 15 is 0 Å². The second-order valence-corrected chi connectivity index (χ2v) is 5.97. The van der Waals surface area contributed by atoms with E-state index in [2.05, 4.69) is 46.8 Å². The van der Waals surface area contributed by atoms with Crippen LogP contribution >= 0.6 is 0 Å². The third-order valence-corrected chi connectivity index (χ3v) is 4.16. The van der Waals surface area contributed by atoms with Gasteiger partial charge >= 0.3 is 6.03 Å². The average molecular weight is 289 g/mol. The number of carbonyl (C=O) groups is 1. The van der Waals surface area contributed by atoms with Crippen LogP contribution in [0.25, 0.3) is 0 Å². The predicted molar refractivity (Wildman–Crippen MR) is 86.4 cm³/mol. The Bertz CT molecular complexity index is 413. The molecule has 4 nitrogen and oxygen atoms in total. The molecule has 2 N–H and O–H groups in total. The summed E-state index contributed by atoms with van der Waals surface area (Å²) in [5.74, 6) is 0.635. The van der Waals surface area contributed by atoms with Crippen LogP contribution in [0.5, 0.6) is 0 Å². The van der Waals surface area contributed by atoms with Gasteiger partial charge in [-0.05, 0) is 57.3 Å². The quantitative estimate of drug-likeness (QED) is 0.789. The number of piperidine rings is 1. The summed E-state index contributed by atoms with van der Waals surface area (Å²) in [6, 6.07) is 10.4. The Labute approximate surface area is 127 Å². The third-order valence-electron chi connectivity index (χ3n) is 4.16. The molecule has 1 heterocycles. The van der Waals surface area contributed by atoms with Crippen LogP contribution in [0.2, 0.25) is 0 Å². The van der Waals surface area contributed by atoms with Gasteiger partial charge in [0.25, 0.3) is 0 Å². The van der Waals surface area contributed by atoms with E-state index in [4.69, 9.17) is 0 Å². The van der Waals surface area contributed by atoms with Crippen LogP contribution in [0.4, 0.5) is 4.79 Å². The second-order valence-electron chi connectivity index (χ2n) is 5.97. The van der Waals surface area contributed by atoms with Gasteiger partial charge in [0.2, 0.25) is 0 Å². The van der Waals surface area contributed by atoms with Crippen LogP contribution in [0.15, 0.2) is 30.3 Å². The van der Waals surface area contributed by atoms with Gasteiger partial charge in [-0.3, -0.25) is 0 Å². The van der Waals surface area contributed by atoms with Gasteiger partial charge in [0.15, 0.2) is 0 Å². The summed E-state index contributed by atoms with van der Waals surface area (Å²) in [6.07, 6.45) is 4.36. The molecule has 1 aliphatic heterocycles. The Morgan fingerprint density at radius 3 is 2.62 bits per heavy atom. The number of nitrogens with zero attached hydrogens (tertiary/aromatic N) is 1. The topological polar surface area (TPSA) is 44.4 Å². The first kappa shape index (κ1) is 15.8. The van der Waals surface area contributed by atoms with Crippen LogP contribution in [-0.4, -0.2) is 44.2 Å². The summed E-state index contributed by atoms with van der Waals surface area (Å²) < 4.78 is 0. The van der Waals surface area contributed by atoms with Crippen molar-refractivity contribution < 1.29 is 4.79 Å². The monoisotopic (exact) mass is 289 g/mol. The number of aryl methyl sites for hydroxylation is 1. The number of hydrogen-bond donors (Lipinski definition) is 2. The zero-order chi connectivity index (χ0) is 14.9. The molecule has 0 aliphatic carbocycles. The maximum Gasteiger partial charge on any atom is 0.314 e. The van der Waals surface area contributed by atoms with Crippen molar-refractivity contribution in [3.8, 4) is 0 Å². The zero-order valence-electron chi connectivity index (χ0n) is 13.0. The summed E-state index contributed by atoms with van der Waals surface area (Å²) in [7, 11) is 2.16. The van der Waals surface area contributed by atoms with Gasteiger partial charge in [0.1, 0.15) is 0 Å². The maximum atomic E-state index is 11.7. The molecule has 2 rings (SSSR count). The van der Waals surface area contributed by atoms with E-state index in [0.717, 1.165) is 39.0 Å². The maximum absolute atomic E-state index is 11.7. The summed E-state index contributed by atoms with van der Waals surface area (Å²) >= 11 is 0. The van der Waals surface area contributed by atoms with Crippen molar-refractivity contribution in [3.05, 3.63) is 35.9 Å². The lowest BCUT2D eigenvalue weighted by molar-refractivity contribution is 0.210. The van der Waals surface area contributed by atoms with E-state index < -0.39 is 0 Å². The first-order chi connectivity index (χ1) is 10.2. The number of urea groups is 1. The lowest BCUT2D eigenvalue weighted by Gasteiger charge is -2.28. The SMILES string of the molecule is CN1CCC(CNC(=O)NCCCc2ccccc2)CC1. The van der Waals surface area contributed by atoms with Gasteiger partial charge in [0, 0.05) is 13.1 Å². The highest BCUT2D eigenvalue weighted by molar-refractivity contribution is 5.73. The van der Waals surface area contributed by atoms with Crippen molar-refractivity contribution in [2.45, 2.75) is 25.7 Å². The normalized spacial score (nSPS) is 16.6. The van der Waals surface area contributed by atoms with Crippen molar-refractivity contribution >= 4 is 6.03 Å². The molecule has 0 atom stereocenters. The van der Waals surface area contributed by atoms with E-state index in [1.54, 1.807) is 0 Å². The van der Waals surface area contributed by atoms with Crippen LogP contribution in [-0.2, 0) is 6.42 Å². The minimum absolute atomic E-state index is 0.0259. The van der Waals surface area contributed by atoms with Crippen LogP contribution < -0.4 is 10.6 Å². The predicted octanol–water partition coefficient (Wildman–Crippen LogP) is 2.26. The number of likely N-dealkylation sites (tertiary alicyclic amines) is 1. The average Bonchev–Trinajstić information content (AvgIpc) is 2.52. The second kappa shape index (κ2) is 8.67. The Balaban J connectivity index is 1.51. The standard InChI is InChI=1S/C17H27N3O/c1-20-12-9-16(10-13-20)14-19-17(21)18-11-5-8-15-6-3-2-4-7-15/h2-4,6-7,16H,5,8-14H2,1H3,(H2,18,19,21). The first-order valence-electron chi connectivity index (χ1n) is 7.98. The zero-order valence-corrected chi connectivity index (χ0v) is 13.0. The molecular weight excluding hydrogens is 262 g/mol. The molecule has 4 heteroatoms. The molecule has 0 bridgehead atoms. The minimum atomic E-state index is -0.0259. The molecule has 1 saturated heterocycles. The fourth-order valence-electron chi connectivity index (χ4n) is 2.70. The first-order valence-corrected chi connectivity index (χ1v) is 7.98. The van der Waals surface area contributed by atoms with Gasteiger partial charge in [-0.25, -0.2) is 4.79 Å². The highest BCUT2D eigenvalue weighted by Crippen LogP contribution is 2.14. The van der Waals surface area contributed by atoms with E-state index in [9.17, 15) is 4.79 Å². The Hall–Kier alpha value is -1.55. The summed E-state index contributed by atoms with van der Waals surface area (Å²) in [5.41, 5.74) is 1.33. The molecule has 0 radical (unpaired) electrons. The van der Waals surface area contributed by atoms with E-state index in [-0.39, 0.29) is 6.03 Å². The molecule has 116 valence electrons. The van der Waals surface area contributed by atoms with Crippen LogP contribution in [0, 0.1) is 5.92 Å². The largest absolute Gasteiger partial charge is 0.338 e. The number of amides is 2. The van der Waals surface area contributed by atoms with Gasteiger partial charge in [-0.1, -0.05) is 30.3 Å². The van der Waals surface area contributed by atoms with Gasteiger partial charge in [-0.15, -0.1) is 0 Å². The molecule has 1 fully saturated rings. The molecule has 1 aromatic carbocycles. The fourth-order valence-corrected chi connectivity index (χ4v) is 2.70. The molecule has 0 spiro atoms. The Morgan fingerprint density at radius 1 is 1.19 bits per heavy atom. The highest BCUT2D eigenvalue weighted by Gasteiger charge is 2.16. The Morgan fingerprint density at radius 2 is 1.90 bits per heavy atom. The molecule has 1 aromatic rings. The van der Waals surface area contributed by atoms with E-state index in [1.807, 2.05) is 6.07 Å². The minimum Gasteiger partial charge on any atom is -0.338 e. The van der Waals surface area contributed by atoms with Crippen molar-refractivity contribution in [1.29, 1.82) is 0 Å². The number of hydrogen-bond acceptors (Lipinski definition) is 2. The lowest BCUT2D eigenvalue weighted by atomic mass is 9.97. The fraction of sp³-hybridized carbons (Fsp3) is 0.588. The van der Waals surface area contributed by atoms with Gasteiger partial charge < -0.3 is 15.5 Å². The van der Waals surface area contributed by atoms with Gasteiger partial charge in [0.05, 0.1) is 0 Å². The molecule has 0 unspecified atom stereocenters. The van der Waals surface area contributed by atoms with Crippen molar-refractivity contribution in [2.75, 3.05) is 33.2 Å². The van der Waals surface area contributed by atoms with Crippen molar-refractivity contribution in [3.63, 3.8) is 0 Å². The van der Waals surface area contributed by atoms with E-state index in [1.165, 1.54) is 18.4 Å². The van der Waals surface area contributed by atoms with Gasteiger partial charge in [-0.2, -0.15) is 0 Å².